The second-order valence-electron chi connectivity index (χ2n) is 3.16. The fraction of sp³-hybridized carbons (Fsp3) is 0.133. The summed E-state index contributed by atoms with van der Waals surface area (Å²) in [7, 11) is 0. The zero-order chi connectivity index (χ0) is 12.8. The van der Waals surface area contributed by atoms with Crippen molar-refractivity contribution >= 4 is 6.08 Å². The van der Waals surface area contributed by atoms with Crippen molar-refractivity contribution in [3.05, 3.63) is 67.3 Å². The fourth-order valence-corrected chi connectivity index (χ4v) is 0.589. The van der Waals surface area contributed by atoms with Crippen molar-refractivity contribution in [3.8, 4) is 6.07 Å². The molecule has 0 aliphatic heterocycles. The minimum atomic E-state index is 1.17. The molecule has 0 radical (unpaired) electrons. The van der Waals surface area contributed by atoms with Gasteiger partial charge in [-0.05, 0) is 19.4 Å². The molecule has 0 fully saturated rings. The highest BCUT2D eigenvalue weighted by Gasteiger charge is 1.75. The molecular weight excluding hydrogens is 194 g/mol. The van der Waals surface area contributed by atoms with Gasteiger partial charge in [0.25, 0.3) is 0 Å². The van der Waals surface area contributed by atoms with Gasteiger partial charge in [0.05, 0.1) is 6.07 Å². The van der Waals surface area contributed by atoms with E-state index in [1.165, 1.54) is 17.2 Å². The molecule has 1 aromatic carbocycles. The van der Waals surface area contributed by atoms with Crippen molar-refractivity contribution in [3.63, 3.8) is 0 Å². The average molecular weight is 213 g/mol. The molecular formula is C15H19N. The van der Waals surface area contributed by atoms with Gasteiger partial charge in [-0.25, -0.2) is 0 Å². The van der Waals surface area contributed by atoms with Gasteiger partial charge >= 0.3 is 0 Å². The molecule has 0 atom stereocenters. The molecule has 0 aliphatic rings. The lowest BCUT2D eigenvalue weighted by Crippen LogP contribution is -1.63. The maximum Gasteiger partial charge on any atom is 0.0905 e. The van der Waals surface area contributed by atoms with Gasteiger partial charge < -0.3 is 0 Å². The molecule has 0 aliphatic carbocycles. The molecule has 0 heterocycles. The zero-order valence-electron chi connectivity index (χ0n) is 10.1. The average Bonchev–Trinajstić information content (AvgIpc) is 2.30. The Hall–Kier alpha value is -2.07. The summed E-state index contributed by atoms with van der Waals surface area (Å²) in [6.45, 7) is 14.2. The minimum absolute atomic E-state index is 1.17. The van der Waals surface area contributed by atoms with Crippen LogP contribution in [0.1, 0.15) is 19.4 Å². The quantitative estimate of drug-likeness (QED) is 0.493. The van der Waals surface area contributed by atoms with E-state index in [4.69, 9.17) is 5.26 Å². The van der Waals surface area contributed by atoms with Crippen molar-refractivity contribution in [2.24, 2.45) is 0 Å². The van der Waals surface area contributed by atoms with Gasteiger partial charge in [-0.15, -0.1) is 6.58 Å². The van der Waals surface area contributed by atoms with Crippen LogP contribution in [-0.2, 0) is 0 Å². The van der Waals surface area contributed by atoms with E-state index in [1.54, 1.807) is 6.07 Å². The van der Waals surface area contributed by atoms with E-state index in [-0.39, 0.29) is 0 Å². The zero-order valence-corrected chi connectivity index (χ0v) is 10.1. The van der Waals surface area contributed by atoms with Crippen LogP contribution in [0.15, 0.2) is 61.7 Å². The molecule has 16 heavy (non-hydrogen) atoms. The Bertz CT molecular complexity index is 337. The van der Waals surface area contributed by atoms with Crippen LogP contribution in [0.3, 0.4) is 0 Å². The van der Waals surface area contributed by atoms with E-state index in [9.17, 15) is 0 Å². The van der Waals surface area contributed by atoms with Crippen LogP contribution in [0.2, 0.25) is 0 Å². The van der Waals surface area contributed by atoms with Gasteiger partial charge in [-0.2, -0.15) is 5.26 Å². The van der Waals surface area contributed by atoms with Crippen LogP contribution < -0.4 is 0 Å². The summed E-state index contributed by atoms with van der Waals surface area (Å²) in [6, 6.07) is 11.7. The van der Waals surface area contributed by atoms with Gasteiger partial charge in [0.15, 0.2) is 0 Å². The van der Waals surface area contributed by atoms with Gasteiger partial charge in [-0.3, -0.25) is 0 Å². The highest BCUT2D eigenvalue weighted by atomic mass is 14.2. The number of nitrogens with zero attached hydrogens (tertiary/aromatic N) is 1. The predicted molar refractivity (Wildman–Crippen MR) is 72.8 cm³/mol. The third-order valence-corrected chi connectivity index (χ3v) is 1.13. The first-order chi connectivity index (χ1) is 7.58. The summed E-state index contributed by atoms with van der Waals surface area (Å²) in [5.74, 6) is 0. The van der Waals surface area contributed by atoms with Gasteiger partial charge in [0, 0.05) is 6.08 Å². The maximum absolute atomic E-state index is 7.51. The molecule has 0 unspecified atom stereocenters. The Morgan fingerprint density at radius 3 is 1.75 bits per heavy atom. The highest BCUT2D eigenvalue weighted by Crippen LogP contribution is 1.97. The molecule has 1 nitrogen and oxygen atoms in total. The molecule has 0 bridgehead atoms. The topological polar surface area (TPSA) is 23.8 Å². The molecule has 0 spiro atoms. The smallest absolute Gasteiger partial charge is 0.0905 e. The van der Waals surface area contributed by atoms with E-state index in [2.05, 4.69) is 19.7 Å². The van der Waals surface area contributed by atoms with Gasteiger partial charge in [-0.1, -0.05) is 55.1 Å². The van der Waals surface area contributed by atoms with Crippen LogP contribution in [0.4, 0.5) is 0 Å². The standard InChI is InChI=1S/C8H8.C4H8.C3H3N/c1-2-8-6-4-3-5-7-8;1-4(2)3;1-2-3-4/h2-7H,1H2;1H2,2-3H3;2H,1H2. The second kappa shape index (κ2) is 12.9. The van der Waals surface area contributed by atoms with Crippen molar-refractivity contribution in [2.45, 2.75) is 13.8 Å². The van der Waals surface area contributed by atoms with E-state index in [0.717, 1.165) is 0 Å². The number of allylic oxidation sites excluding steroid dienone is 2. The molecule has 1 aromatic rings. The number of benzene rings is 1. The van der Waals surface area contributed by atoms with Crippen molar-refractivity contribution in [2.75, 3.05) is 0 Å². The molecule has 1 rings (SSSR count). The SMILES string of the molecule is C=C(C)C.C=CC#N.C=Cc1ccccc1. The third kappa shape index (κ3) is 17.9. The van der Waals surface area contributed by atoms with Crippen molar-refractivity contribution < 1.29 is 0 Å². The van der Waals surface area contributed by atoms with Crippen LogP contribution in [0, 0.1) is 11.3 Å². The molecule has 1 heteroatoms. The van der Waals surface area contributed by atoms with Gasteiger partial charge in [0.2, 0.25) is 0 Å². The summed E-state index contributed by atoms with van der Waals surface area (Å²) in [6.07, 6.45) is 3.01. The lowest BCUT2D eigenvalue weighted by Gasteiger charge is -1.85. The Balaban J connectivity index is 0. The third-order valence-electron chi connectivity index (χ3n) is 1.13. The Morgan fingerprint density at radius 1 is 1.19 bits per heavy atom. The number of nitriles is 1. The summed E-state index contributed by atoms with van der Waals surface area (Å²) in [5.41, 5.74) is 2.34. The summed E-state index contributed by atoms with van der Waals surface area (Å²) >= 11 is 0. The molecule has 84 valence electrons. The van der Waals surface area contributed by atoms with Crippen LogP contribution >= 0.6 is 0 Å². The van der Waals surface area contributed by atoms with Crippen LogP contribution in [0.5, 0.6) is 0 Å². The summed E-state index contributed by atoms with van der Waals surface area (Å²) < 4.78 is 0. The Labute approximate surface area is 99.1 Å². The normalized spacial score (nSPS) is 6.81. The van der Waals surface area contributed by atoms with E-state index in [0.29, 0.717) is 0 Å². The summed E-state index contributed by atoms with van der Waals surface area (Å²) in [5, 5.41) is 7.51. The molecule has 0 saturated carbocycles. The number of rotatable bonds is 1. The Kier molecular flexibility index (Phi) is 13.2. The van der Waals surface area contributed by atoms with Gasteiger partial charge in [0.1, 0.15) is 0 Å². The van der Waals surface area contributed by atoms with Crippen LogP contribution in [-0.4, -0.2) is 0 Å². The van der Waals surface area contributed by atoms with E-state index in [1.807, 2.05) is 50.3 Å². The first-order valence-corrected chi connectivity index (χ1v) is 4.88. The largest absolute Gasteiger partial charge is 0.193 e. The molecule has 0 N–H and O–H groups in total. The highest BCUT2D eigenvalue weighted by molar-refractivity contribution is 5.45. The lowest BCUT2D eigenvalue weighted by molar-refractivity contribution is 1.42. The first kappa shape index (κ1) is 16.4. The predicted octanol–water partition coefficient (Wildman–Crippen LogP) is 4.61. The molecule has 0 saturated heterocycles. The second-order valence-corrected chi connectivity index (χ2v) is 3.16. The number of hydrogen-bond donors (Lipinski definition) is 0. The fourth-order valence-electron chi connectivity index (χ4n) is 0.589. The van der Waals surface area contributed by atoms with Crippen molar-refractivity contribution in [1.29, 1.82) is 5.26 Å². The Morgan fingerprint density at radius 2 is 1.56 bits per heavy atom. The number of hydrogen-bond acceptors (Lipinski definition) is 1. The van der Waals surface area contributed by atoms with Crippen LogP contribution in [0.25, 0.3) is 6.08 Å². The molecule has 0 amide bonds. The maximum atomic E-state index is 7.51. The summed E-state index contributed by atoms with van der Waals surface area (Å²) in [4.78, 5) is 0. The first-order valence-electron chi connectivity index (χ1n) is 4.88. The van der Waals surface area contributed by atoms with E-state index >= 15 is 0 Å². The monoisotopic (exact) mass is 213 g/mol. The van der Waals surface area contributed by atoms with E-state index < -0.39 is 0 Å². The minimum Gasteiger partial charge on any atom is -0.193 e. The molecule has 0 aromatic heterocycles. The lowest BCUT2D eigenvalue weighted by atomic mass is 10.2. The van der Waals surface area contributed by atoms with Crippen molar-refractivity contribution in [1.82, 2.24) is 0 Å².